The molecule has 0 fully saturated rings. The summed E-state index contributed by atoms with van der Waals surface area (Å²) in [5.41, 5.74) is 11.2. The van der Waals surface area contributed by atoms with Crippen molar-refractivity contribution in [3.63, 3.8) is 0 Å². The molecule has 0 aliphatic heterocycles. The van der Waals surface area contributed by atoms with E-state index in [1.54, 1.807) is 0 Å². The summed E-state index contributed by atoms with van der Waals surface area (Å²) in [6.07, 6.45) is 0. The van der Waals surface area contributed by atoms with Crippen molar-refractivity contribution in [2.75, 3.05) is 4.90 Å². The Morgan fingerprint density at radius 3 is 1.84 bits per heavy atom. The van der Waals surface area contributed by atoms with Crippen molar-refractivity contribution in [3.8, 4) is 22.3 Å². The van der Waals surface area contributed by atoms with Crippen LogP contribution >= 0.6 is 0 Å². The third-order valence-electron chi connectivity index (χ3n) is 11.0. The van der Waals surface area contributed by atoms with Crippen molar-refractivity contribution in [2.45, 2.75) is 19.3 Å². The number of hydrogen-bond donors (Lipinski definition) is 0. The first-order valence-electron chi connectivity index (χ1n) is 17.5. The van der Waals surface area contributed by atoms with Gasteiger partial charge in [0.15, 0.2) is 0 Å². The summed E-state index contributed by atoms with van der Waals surface area (Å²) >= 11 is 0. The van der Waals surface area contributed by atoms with Crippen LogP contribution in [0.25, 0.3) is 65.3 Å². The molecule has 9 aromatic rings. The summed E-state index contributed by atoms with van der Waals surface area (Å²) in [6, 6.07) is 65.2. The predicted octanol–water partition coefficient (Wildman–Crippen LogP) is 13.7. The molecule has 1 aliphatic rings. The van der Waals surface area contributed by atoms with E-state index in [0.717, 1.165) is 11.4 Å². The Labute approximate surface area is 292 Å². The van der Waals surface area contributed by atoms with Crippen LogP contribution in [0.2, 0.25) is 0 Å². The molecule has 1 aliphatic carbocycles. The van der Waals surface area contributed by atoms with Crippen LogP contribution in [0.4, 0.5) is 17.1 Å². The van der Waals surface area contributed by atoms with Gasteiger partial charge in [0.25, 0.3) is 0 Å². The van der Waals surface area contributed by atoms with E-state index in [9.17, 15) is 0 Å². The topological polar surface area (TPSA) is 3.24 Å². The van der Waals surface area contributed by atoms with Gasteiger partial charge in [0.05, 0.1) is 11.4 Å². The van der Waals surface area contributed by atoms with Crippen molar-refractivity contribution in [2.24, 2.45) is 0 Å². The average Bonchev–Trinajstić information content (AvgIpc) is 3.40. The molecule has 0 atom stereocenters. The van der Waals surface area contributed by atoms with E-state index in [1.807, 2.05) is 0 Å². The highest BCUT2D eigenvalue weighted by atomic mass is 15.1. The molecule has 0 saturated carbocycles. The minimum Gasteiger partial charge on any atom is -0.309 e. The second-order valence-electron chi connectivity index (χ2n) is 14.1. The quantitative estimate of drug-likeness (QED) is 0.174. The molecule has 0 aromatic heterocycles. The molecular formula is C49H35N. The zero-order chi connectivity index (χ0) is 33.4. The van der Waals surface area contributed by atoms with E-state index in [1.165, 1.54) is 82.2 Å². The smallest absolute Gasteiger partial charge is 0.0546 e. The van der Waals surface area contributed by atoms with Gasteiger partial charge in [0.2, 0.25) is 0 Å². The third-order valence-corrected chi connectivity index (χ3v) is 11.0. The molecule has 0 spiro atoms. The average molecular weight is 638 g/mol. The minimum atomic E-state index is -0.121. The summed E-state index contributed by atoms with van der Waals surface area (Å²) in [5.74, 6) is 0. The Kier molecular flexibility index (Phi) is 6.29. The Morgan fingerprint density at radius 1 is 0.380 bits per heavy atom. The van der Waals surface area contributed by atoms with E-state index in [0.29, 0.717) is 0 Å². The second-order valence-corrected chi connectivity index (χ2v) is 14.1. The summed E-state index contributed by atoms with van der Waals surface area (Å²) in [4.78, 5) is 2.53. The van der Waals surface area contributed by atoms with Crippen molar-refractivity contribution >= 4 is 60.2 Å². The maximum Gasteiger partial charge on any atom is 0.0546 e. The summed E-state index contributed by atoms with van der Waals surface area (Å²) in [7, 11) is 0. The number of rotatable bonds is 4. The van der Waals surface area contributed by atoms with Crippen molar-refractivity contribution < 1.29 is 0 Å². The summed E-state index contributed by atoms with van der Waals surface area (Å²) < 4.78 is 0. The molecule has 9 aromatic carbocycles. The van der Waals surface area contributed by atoms with Crippen LogP contribution in [-0.4, -0.2) is 0 Å². The van der Waals surface area contributed by atoms with Crippen molar-refractivity contribution in [1.29, 1.82) is 0 Å². The largest absolute Gasteiger partial charge is 0.309 e. The van der Waals surface area contributed by atoms with E-state index in [4.69, 9.17) is 0 Å². The van der Waals surface area contributed by atoms with Crippen LogP contribution in [0.1, 0.15) is 25.0 Å². The van der Waals surface area contributed by atoms with E-state index < -0.39 is 0 Å². The monoisotopic (exact) mass is 637 g/mol. The fraction of sp³-hybridized carbons (Fsp3) is 0.0612. The molecule has 0 heterocycles. The van der Waals surface area contributed by atoms with Gasteiger partial charge in [-0.2, -0.15) is 0 Å². The predicted molar refractivity (Wildman–Crippen MR) is 214 cm³/mol. The number of benzene rings is 9. The van der Waals surface area contributed by atoms with Crippen LogP contribution in [0, 0.1) is 0 Å². The molecular weight excluding hydrogens is 603 g/mol. The van der Waals surface area contributed by atoms with E-state index >= 15 is 0 Å². The second kappa shape index (κ2) is 10.9. The molecule has 0 N–H and O–H groups in total. The molecule has 1 nitrogen and oxygen atoms in total. The van der Waals surface area contributed by atoms with E-state index in [2.05, 4.69) is 195 Å². The van der Waals surface area contributed by atoms with Crippen molar-refractivity contribution in [1.82, 2.24) is 0 Å². The molecule has 0 saturated heterocycles. The lowest BCUT2D eigenvalue weighted by atomic mass is 9.82. The number of fused-ring (bicyclic) bond motifs is 8. The lowest BCUT2D eigenvalue weighted by Crippen LogP contribution is -2.17. The van der Waals surface area contributed by atoms with Gasteiger partial charge in [-0.3, -0.25) is 0 Å². The Hall–Kier alpha value is -6.18. The summed E-state index contributed by atoms with van der Waals surface area (Å²) in [6.45, 7) is 4.74. The van der Waals surface area contributed by atoms with Gasteiger partial charge in [-0.05, 0) is 95.9 Å². The van der Waals surface area contributed by atoms with Crippen LogP contribution in [-0.2, 0) is 5.41 Å². The molecule has 10 rings (SSSR count). The highest BCUT2D eigenvalue weighted by Gasteiger charge is 2.36. The summed E-state index contributed by atoms with van der Waals surface area (Å²) in [5, 5.41) is 9.94. The standard InChI is InChI=1S/C49H35N/c1-49(2)44-22-12-11-20-41(44)42-27-26-37(31-45(42)49)50(47-30-35-16-6-7-17-38(35)40-19-9-10-21-43(40)47)46-28-25-33-14-5-8-18-39(33)48(46)36-24-23-32-13-3-4-15-34(32)29-36/h3-31H,1-2H3. The lowest BCUT2D eigenvalue weighted by molar-refractivity contribution is 0.660. The first-order valence-corrected chi connectivity index (χ1v) is 17.5. The number of hydrogen-bond acceptors (Lipinski definition) is 1. The van der Waals surface area contributed by atoms with Crippen LogP contribution < -0.4 is 4.90 Å². The van der Waals surface area contributed by atoms with Gasteiger partial charge in [-0.15, -0.1) is 0 Å². The van der Waals surface area contributed by atoms with Gasteiger partial charge in [0, 0.05) is 22.1 Å². The highest BCUT2D eigenvalue weighted by Crippen LogP contribution is 2.53. The Balaban J connectivity index is 1.32. The first kappa shape index (κ1) is 28.8. The highest BCUT2D eigenvalue weighted by molar-refractivity contribution is 6.16. The molecule has 0 bridgehead atoms. The zero-order valence-corrected chi connectivity index (χ0v) is 28.2. The van der Waals surface area contributed by atoms with Gasteiger partial charge in [-0.1, -0.05) is 159 Å². The van der Waals surface area contributed by atoms with Crippen LogP contribution in [0.5, 0.6) is 0 Å². The number of anilines is 3. The van der Waals surface area contributed by atoms with Gasteiger partial charge >= 0.3 is 0 Å². The molecule has 236 valence electrons. The molecule has 0 amide bonds. The SMILES string of the molecule is CC1(C)c2ccccc2-c2ccc(N(c3ccc4ccccc4c3-c3ccc4ccccc4c3)c3cc4ccccc4c4ccccc34)cc21. The number of nitrogens with zero attached hydrogens (tertiary/aromatic N) is 1. The molecule has 0 unspecified atom stereocenters. The molecule has 50 heavy (non-hydrogen) atoms. The van der Waals surface area contributed by atoms with Gasteiger partial charge in [0.1, 0.15) is 0 Å². The Bertz CT molecular complexity index is 2800. The normalized spacial score (nSPS) is 13.2. The maximum absolute atomic E-state index is 2.53. The van der Waals surface area contributed by atoms with Crippen LogP contribution in [0.15, 0.2) is 176 Å². The first-order chi connectivity index (χ1) is 24.6. The zero-order valence-electron chi connectivity index (χ0n) is 28.2. The van der Waals surface area contributed by atoms with Crippen molar-refractivity contribution in [3.05, 3.63) is 187 Å². The molecule has 0 radical (unpaired) electrons. The molecule has 1 heteroatoms. The third kappa shape index (κ3) is 4.27. The maximum atomic E-state index is 2.53. The lowest BCUT2D eigenvalue weighted by Gasteiger charge is -2.31. The van der Waals surface area contributed by atoms with E-state index in [-0.39, 0.29) is 5.41 Å². The fourth-order valence-electron chi connectivity index (χ4n) is 8.55. The minimum absolute atomic E-state index is 0.121. The van der Waals surface area contributed by atoms with Gasteiger partial charge in [-0.25, -0.2) is 0 Å². The Morgan fingerprint density at radius 2 is 1.00 bits per heavy atom. The fourth-order valence-corrected chi connectivity index (χ4v) is 8.55. The van der Waals surface area contributed by atoms with Gasteiger partial charge < -0.3 is 4.90 Å². The van der Waals surface area contributed by atoms with Crippen LogP contribution in [0.3, 0.4) is 0 Å².